The number of nitrogens with two attached hydrogens (primary N) is 1. The van der Waals surface area contributed by atoms with Gasteiger partial charge < -0.3 is 21.3 Å². The van der Waals surface area contributed by atoms with Gasteiger partial charge in [0.15, 0.2) is 5.96 Å². The molecule has 0 aromatic carbocycles. The van der Waals surface area contributed by atoms with E-state index in [1.165, 1.54) is 38.5 Å². The number of carbonyl (C=O) groups excluding carboxylic acids is 1. The number of hydrogen-bond donors (Lipinski definition) is 3. The molecular weight excluding hydrogens is 338 g/mol. The van der Waals surface area contributed by atoms with E-state index in [0.717, 1.165) is 69.8 Å². The van der Waals surface area contributed by atoms with Crippen molar-refractivity contribution in [3.63, 3.8) is 0 Å². The van der Waals surface area contributed by atoms with Crippen molar-refractivity contribution in [3.05, 3.63) is 0 Å². The zero-order valence-corrected chi connectivity index (χ0v) is 17.5. The molecule has 1 heterocycles. The molecule has 2 aliphatic rings. The Morgan fingerprint density at radius 3 is 2.52 bits per heavy atom. The predicted octanol–water partition coefficient (Wildman–Crippen LogP) is 2.35. The summed E-state index contributed by atoms with van der Waals surface area (Å²) in [7, 11) is 1.85. The third-order valence-corrected chi connectivity index (χ3v) is 6.30. The molecule has 1 amide bonds. The van der Waals surface area contributed by atoms with E-state index in [1.807, 2.05) is 7.05 Å². The van der Waals surface area contributed by atoms with Gasteiger partial charge in [-0.25, -0.2) is 0 Å². The molecule has 156 valence electrons. The van der Waals surface area contributed by atoms with Crippen LogP contribution in [-0.2, 0) is 4.79 Å². The van der Waals surface area contributed by atoms with Crippen LogP contribution in [0.1, 0.15) is 64.7 Å². The first-order valence-electron chi connectivity index (χ1n) is 11.0. The molecule has 0 radical (unpaired) electrons. The van der Waals surface area contributed by atoms with E-state index in [-0.39, 0.29) is 11.8 Å². The Morgan fingerprint density at radius 2 is 1.85 bits per heavy atom. The van der Waals surface area contributed by atoms with E-state index in [1.54, 1.807) is 0 Å². The minimum Gasteiger partial charge on any atom is -0.369 e. The molecule has 6 nitrogen and oxygen atoms in total. The molecule has 2 unspecified atom stereocenters. The topological polar surface area (TPSA) is 82.8 Å². The Bertz CT molecular complexity index is 459. The summed E-state index contributed by atoms with van der Waals surface area (Å²) in [4.78, 5) is 18.0. The molecule has 1 saturated carbocycles. The van der Waals surface area contributed by atoms with Crippen LogP contribution in [0.15, 0.2) is 4.99 Å². The third-order valence-electron chi connectivity index (χ3n) is 6.30. The van der Waals surface area contributed by atoms with E-state index < -0.39 is 0 Å². The zero-order valence-electron chi connectivity index (χ0n) is 17.5. The lowest BCUT2D eigenvalue weighted by Gasteiger charge is -2.30. The second-order valence-electron chi connectivity index (χ2n) is 8.58. The highest BCUT2D eigenvalue weighted by Crippen LogP contribution is 2.30. The van der Waals surface area contributed by atoms with Gasteiger partial charge in [-0.2, -0.15) is 0 Å². The number of primary amides is 1. The van der Waals surface area contributed by atoms with Crippen molar-refractivity contribution in [3.8, 4) is 0 Å². The van der Waals surface area contributed by atoms with Crippen molar-refractivity contribution in [2.75, 3.05) is 39.8 Å². The van der Waals surface area contributed by atoms with Crippen LogP contribution in [0.3, 0.4) is 0 Å². The molecule has 0 spiro atoms. The first-order valence-corrected chi connectivity index (χ1v) is 11.0. The highest BCUT2D eigenvalue weighted by atomic mass is 16.1. The average molecular weight is 380 g/mol. The number of nitrogens with one attached hydrogen (secondary N) is 2. The lowest BCUT2D eigenvalue weighted by molar-refractivity contribution is -0.123. The summed E-state index contributed by atoms with van der Waals surface area (Å²) in [6.45, 7) is 7.48. The van der Waals surface area contributed by atoms with Gasteiger partial charge in [0.25, 0.3) is 0 Å². The van der Waals surface area contributed by atoms with Gasteiger partial charge in [-0.1, -0.05) is 26.2 Å². The summed E-state index contributed by atoms with van der Waals surface area (Å²) >= 11 is 0. The van der Waals surface area contributed by atoms with Crippen molar-refractivity contribution in [2.45, 2.75) is 64.7 Å². The van der Waals surface area contributed by atoms with E-state index in [0.29, 0.717) is 0 Å². The molecule has 0 bridgehead atoms. The van der Waals surface area contributed by atoms with Crippen molar-refractivity contribution < 1.29 is 4.79 Å². The number of piperidine rings is 1. The fourth-order valence-electron chi connectivity index (χ4n) is 4.55. The molecule has 0 aromatic heterocycles. The molecule has 4 N–H and O–H groups in total. The lowest BCUT2D eigenvalue weighted by atomic mass is 9.81. The van der Waals surface area contributed by atoms with Crippen LogP contribution in [0.5, 0.6) is 0 Å². The maximum absolute atomic E-state index is 11.2. The summed E-state index contributed by atoms with van der Waals surface area (Å²) in [5.41, 5.74) is 5.39. The summed E-state index contributed by atoms with van der Waals surface area (Å²) in [6.07, 6.45) is 11.0. The maximum Gasteiger partial charge on any atom is 0.220 e. The summed E-state index contributed by atoms with van der Waals surface area (Å²) in [5.74, 6) is 2.69. The maximum atomic E-state index is 11.2. The van der Waals surface area contributed by atoms with Crippen LogP contribution >= 0.6 is 0 Å². The predicted molar refractivity (Wildman–Crippen MR) is 113 cm³/mol. The number of amides is 1. The molecule has 1 aliphatic carbocycles. The Morgan fingerprint density at radius 1 is 1.11 bits per heavy atom. The van der Waals surface area contributed by atoms with Crippen LogP contribution in [0.2, 0.25) is 0 Å². The number of aliphatic imine (C=N–C) groups is 1. The monoisotopic (exact) mass is 379 g/mol. The van der Waals surface area contributed by atoms with Crippen molar-refractivity contribution in [1.29, 1.82) is 0 Å². The van der Waals surface area contributed by atoms with E-state index in [4.69, 9.17) is 5.73 Å². The molecule has 0 aromatic rings. The number of hydrogen-bond acceptors (Lipinski definition) is 3. The minimum absolute atomic E-state index is 0.0918. The van der Waals surface area contributed by atoms with Crippen molar-refractivity contribution in [1.82, 2.24) is 15.5 Å². The van der Waals surface area contributed by atoms with Crippen LogP contribution in [0.4, 0.5) is 0 Å². The van der Waals surface area contributed by atoms with Gasteiger partial charge >= 0.3 is 0 Å². The number of guanidine groups is 1. The van der Waals surface area contributed by atoms with E-state index in [2.05, 4.69) is 27.4 Å². The Kier molecular flexibility index (Phi) is 9.95. The van der Waals surface area contributed by atoms with Gasteiger partial charge in [0.2, 0.25) is 5.91 Å². The molecule has 6 heteroatoms. The fourth-order valence-corrected chi connectivity index (χ4v) is 4.55. The van der Waals surface area contributed by atoms with Gasteiger partial charge in [0, 0.05) is 26.1 Å². The largest absolute Gasteiger partial charge is 0.369 e. The van der Waals surface area contributed by atoms with Crippen LogP contribution in [-0.4, -0.2) is 56.5 Å². The zero-order chi connectivity index (χ0) is 19.5. The number of unbranched alkanes of at least 4 members (excludes halogenated alkanes) is 1. The average Bonchev–Trinajstić information content (AvgIpc) is 2.66. The third kappa shape index (κ3) is 8.50. The Labute approximate surface area is 165 Å². The smallest absolute Gasteiger partial charge is 0.220 e. The van der Waals surface area contributed by atoms with Gasteiger partial charge in [0.05, 0.1) is 0 Å². The summed E-state index contributed by atoms with van der Waals surface area (Å²) in [6, 6.07) is 0. The van der Waals surface area contributed by atoms with Crippen LogP contribution < -0.4 is 16.4 Å². The fraction of sp³-hybridized carbons (Fsp3) is 0.905. The van der Waals surface area contributed by atoms with Crippen LogP contribution in [0, 0.1) is 17.8 Å². The van der Waals surface area contributed by atoms with Crippen molar-refractivity contribution in [2.24, 2.45) is 28.5 Å². The highest BCUT2D eigenvalue weighted by Gasteiger charge is 2.22. The minimum atomic E-state index is -0.129. The van der Waals surface area contributed by atoms with Crippen molar-refractivity contribution >= 4 is 11.9 Å². The molecule has 2 atom stereocenters. The first kappa shape index (κ1) is 22.0. The SMILES string of the molecule is CN=C(NCCCCN1CCC(C(N)=O)CC1)NCCC1CCCC(C)C1. The normalized spacial score (nSPS) is 25.3. The molecule has 1 aliphatic heterocycles. The molecule has 2 fully saturated rings. The summed E-state index contributed by atoms with van der Waals surface area (Å²) in [5, 5.41) is 6.91. The highest BCUT2D eigenvalue weighted by molar-refractivity contribution is 5.79. The Balaban J connectivity index is 1.48. The standard InChI is InChI=1S/C21H41N5O/c1-17-6-5-7-18(16-17)8-12-25-21(23-2)24-11-3-4-13-26-14-9-19(10-15-26)20(22)27/h17-19H,3-16H2,1-2H3,(H2,22,27)(H2,23,24,25). The van der Waals surface area contributed by atoms with Crippen LogP contribution in [0.25, 0.3) is 0 Å². The quantitative estimate of drug-likeness (QED) is 0.326. The summed E-state index contributed by atoms with van der Waals surface area (Å²) < 4.78 is 0. The number of carbonyl (C=O) groups is 1. The molecular formula is C21H41N5O. The number of nitrogens with zero attached hydrogens (tertiary/aromatic N) is 2. The Hall–Kier alpha value is -1.30. The van der Waals surface area contributed by atoms with Gasteiger partial charge in [0.1, 0.15) is 0 Å². The van der Waals surface area contributed by atoms with Gasteiger partial charge in [-0.05, 0) is 70.0 Å². The molecule has 27 heavy (non-hydrogen) atoms. The van der Waals surface area contributed by atoms with E-state index >= 15 is 0 Å². The van der Waals surface area contributed by atoms with Gasteiger partial charge in [-0.15, -0.1) is 0 Å². The number of likely N-dealkylation sites (tertiary alicyclic amines) is 1. The number of rotatable bonds is 9. The lowest BCUT2D eigenvalue weighted by Crippen LogP contribution is -2.40. The second-order valence-corrected chi connectivity index (χ2v) is 8.58. The molecule has 2 rings (SSSR count). The van der Waals surface area contributed by atoms with Gasteiger partial charge in [-0.3, -0.25) is 9.79 Å². The first-order chi connectivity index (χ1) is 13.1. The second kappa shape index (κ2) is 12.2. The van der Waals surface area contributed by atoms with E-state index in [9.17, 15) is 4.79 Å². The molecule has 1 saturated heterocycles.